The van der Waals surface area contributed by atoms with Gasteiger partial charge >= 0.3 is 0 Å². The van der Waals surface area contributed by atoms with Crippen molar-refractivity contribution in [1.82, 2.24) is 4.98 Å². The van der Waals surface area contributed by atoms with Gasteiger partial charge in [0.05, 0.1) is 0 Å². The minimum Gasteiger partial charge on any atom is -0.330 e. The number of hydrogen-bond acceptors (Lipinski definition) is 3. The van der Waals surface area contributed by atoms with Crippen molar-refractivity contribution in [2.75, 3.05) is 18.6 Å². The lowest BCUT2D eigenvalue weighted by molar-refractivity contribution is 0.784. The fourth-order valence-corrected chi connectivity index (χ4v) is 1.87. The lowest BCUT2D eigenvalue weighted by Gasteiger charge is -2.12. The molecule has 2 N–H and O–H groups in total. The van der Waals surface area contributed by atoms with Crippen LogP contribution in [-0.2, 0) is 0 Å². The first-order valence-corrected chi connectivity index (χ1v) is 5.36. The Hall–Kier alpha value is -0.540. The number of nitrogens with two attached hydrogens (primary N) is 1. The zero-order valence-corrected chi connectivity index (χ0v) is 8.05. The monoisotopic (exact) mass is 182 g/mol. The summed E-state index contributed by atoms with van der Waals surface area (Å²) in [6, 6.07) is 4.07. The number of thioether (sulfide) groups is 1. The molecule has 1 aromatic heterocycles. The molecule has 66 valence electrons. The third kappa shape index (κ3) is 2.50. The zero-order chi connectivity index (χ0) is 8.81. The number of rotatable bonds is 4. The largest absolute Gasteiger partial charge is 0.330 e. The van der Waals surface area contributed by atoms with Crippen molar-refractivity contribution in [3.8, 4) is 0 Å². The molecule has 0 aliphatic carbocycles. The molecule has 1 unspecified atom stereocenters. The maximum Gasteiger partial charge on any atom is 0.0270 e. The van der Waals surface area contributed by atoms with Crippen molar-refractivity contribution in [3.05, 3.63) is 30.1 Å². The molecule has 1 atom stereocenters. The number of hydrogen-bond donors (Lipinski definition) is 1. The molecule has 0 saturated heterocycles. The summed E-state index contributed by atoms with van der Waals surface area (Å²) in [5.74, 6) is 1.56. The summed E-state index contributed by atoms with van der Waals surface area (Å²) < 4.78 is 0. The first-order valence-electron chi connectivity index (χ1n) is 3.97. The van der Waals surface area contributed by atoms with E-state index >= 15 is 0 Å². The van der Waals surface area contributed by atoms with Crippen molar-refractivity contribution in [2.45, 2.75) is 5.92 Å². The van der Waals surface area contributed by atoms with E-state index in [0.29, 0.717) is 12.5 Å². The predicted octanol–water partition coefficient (Wildman–Crippen LogP) is 1.49. The molecule has 0 aliphatic rings. The molecule has 2 nitrogen and oxygen atoms in total. The third-order valence-corrected chi connectivity index (χ3v) is 2.57. The van der Waals surface area contributed by atoms with Gasteiger partial charge in [0.2, 0.25) is 0 Å². The van der Waals surface area contributed by atoms with Crippen LogP contribution in [0.2, 0.25) is 0 Å². The molecule has 1 rings (SSSR count). The van der Waals surface area contributed by atoms with E-state index in [1.165, 1.54) is 5.56 Å². The van der Waals surface area contributed by atoms with Crippen LogP contribution in [-0.4, -0.2) is 23.5 Å². The van der Waals surface area contributed by atoms with Crippen molar-refractivity contribution in [3.63, 3.8) is 0 Å². The van der Waals surface area contributed by atoms with Crippen LogP contribution in [0.25, 0.3) is 0 Å². The Kier molecular flexibility index (Phi) is 4.11. The van der Waals surface area contributed by atoms with Gasteiger partial charge < -0.3 is 5.73 Å². The molecule has 0 aliphatic heterocycles. The standard InChI is InChI=1S/C9H14N2S/c1-12-7-9(6-10)8-2-4-11-5-3-8/h2-5,9H,6-7,10H2,1H3. The fourth-order valence-electron chi connectivity index (χ4n) is 1.14. The smallest absolute Gasteiger partial charge is 0.0270 e. The van der Waals surface area contributed by atoms with Crippen LogP contribution in [0.5, 0.6) is 0 Å². The predicted molar refractivity (Wildman–Crippen MR) is 54.4 cm³/mol. The minimum atomic E-state index is 0.475. The van der Waals surface area contributed by atoms with Crippen molar-refractivity contribution in [1.29, 1.82) is 0 Å². The molecule has 0 amide bonds. The van der Waals surface area contributed by atoms with E-state index in [0.717, 1.165) is 5.75 Å². The molecule has 0 fully saturated rings. The summed E-state index contributed by atoms with van der Waals surface area (Å²) in [6.45, 7) is 0.713. The third-order valence-electron chi connectivity index (χ3n) is 1.83. The second-order valence-corrected chi connectivity index (χ2v) is 3.58. The normalized spacial score (nSPS) is 12.8. The molecule has 0 saturated carbocycles. The van der Waals surface area contributed by atoms with Gasteiger partial charge in [-0.3, -0.25) is 4.98 Å². The second kappa shape index (κ2) is 5.17. The molecule has 1 heterocycles. The summed E-state index contributed by atoms with van der Waals surface area (Å²) in [7, 11) is 0. The number of pyridine rings is 1. The highest BCUT2D eigenvalue weighted by Gasteiger charge is 2.07. The Morgan fingerprint density at radius 3 is 2.67 bits per heavy atom. The second-order valence-electron chi connectivity index (χ2n) is 2.67. The van der Waals surface area contributed by atoms with Gasteiger partial charge in [-0.1, -0.05) is 0 Å². The molecule has 0 aromatic carbocycles. The quantitative estimate of drug-likeness (QED) is 0.766. The van der Waals surface area contributed by atoms with Gasteiger partial charge in [-0.15, -0.1) is 0 Å². The van der Waals surface area contributed by atoms with E-state index in [9.17, 15) is 0 Å². The first kappa shape index (κ1) is 9.55. The number of nitrogens with zero attached hydrogens (tertiary/aromatic N) is 1. The summed E-state index contributed by atoms with van der Waals surface area (Å²) >= 11 is 1.83. The maximum absolute atomic E-state index is 5.66. The highest BCUT2D eigenvalue weighted by atomic mass is 32.2. The Balaban J connectivity index is 2.66. The Morgan fingerprint density at radius 1 is 1.50 bits per heavy atom. The van der Waals surface area contributed by atoms with Crippen molar-refractivity contribution >= 4 is 11.8 Å². The van der Waals surface area contributed by atoms with Crippen LogP contribution in [0, 0.1) is 0 Å². The van der Waals surface area contributed by atoms with Gasteiger partial charge in [-0.05, 0) is 30.5 Å². The van der Waals surface area contributed by atoms with E-state index in [2.05, 4.69) is 11.2 Å². The van der Waals surface area contributed by atoms with Crippen LogP contribution in [0.3, 0.4) is 0 Å². The molecule has 12 heavy (non-hydrogen) atoms. The molecular formula is C9H14N2S. The average molecular weight is 182 g/mol. The van der Waals surface area contributed by atoms with Gasteiger partial charge in [-0.25, -0.2) is 0 Å². The number of aromatic nitrogens is 1. The van der Waals surface area contributed by atoms with E-state index in [-0.39, 0.29) is 0 Å². The van der Waals surface area contributed by atoms with E-state index < -0.39 is 0 Å². The minimum absolute atomic E-state index is 0.475. The van der Waals surface area contributed by atoms with Crippen LogP contribution in [0.1, 0.15) is 11.5 Å². The Labute approximate surface area is 77.6 Å². The topological polar surface area (TPSA) is 38.9 Å². The van der Waals surface area contributed by atoms with Gasteiger partial charge in [0.1, 0.15) is 0 Å². The van der Waals surface area contributed by atoms with Gasteiger partial charge in [0.25, 0.3) is 0 Å². The Bertz CT molecular complexity index is 213. The van der Waals surface area contributed by atoms with Crippen molar-refractivity contribution in [2.24, 2.45) is 5.73 Å². The van der Waals surface area contributed by atoms with Gasteiger partial charge in [0, 0.05) is 24.1 Å². The first-order chi connectivity index (χ1) is 5.88. The lowest BCUT2D eigenvalue weighted by atomic mass is 10.0. The van der Waals surface area contributed by atoms with Crippen LogP contribution in [0.15, 0.2) is 24.5 Å². The van der Waals surface area contributed by atoms with E-state index in [1.54, 1.807) is 0 Å². The molecular weight excluding hydrogens is 168 g/mol. The SMILES string of the molecule is CSCC(CN)c1ccncc1. The molecule has 0 radical (unpaired) electrons. The van der Waals surface area contributed by atoms with E-state index in [1.807, 2.05) is 36.3 Å². The van der Waals surface area contributed by atoms with Gasteiger partial charge in [0.15, 0.2) is 0 Å². The molecule has 3 heteroatoms. The lowest BCUT2D eigenvalue weighted by Crippen LogP contribution is -2.14. The van der Waals surface area contributed by atoms with Gasteiger partial charge in [-0.2, -0.15) is 11.8 Å². The highest BCUT2D eigenvalue weighted by molar-refractivity contribution is 7.98. The highest BCUT2D eigenvalue weighted by Crippen LogP contribution is 2.17. The fraction of sp³-hybridized carbons (Fsp3) is 0.444. The molecule has 0 bridgehead atoms. The Morgan fingerprint density at radius 2 is 2.17 bits per heavy atom. The molecule has 1 aromatic rings. The summed E-state index contributed by atoms with van der Waals surface area (Å²) in [4.78, 5) is 3.97. The zero-order valence-electron chi connectivity index (χ0n) is 7.23. The van der Waals surface area contributed by atoms with Crippen LogP contribution in [0.4, 0.5) is 0 Å². The van der Waals surface area contributed by atoms with E-state index in [4.69, 9.17) is 5.73 Å². The summed E-state index contributed by atoms with van der Waals surface area (Å²) in [6.07, 6.45) is 5.74. The molecule has 0 spiro atoms. The van der Waals surface area contributed by atoms with Crippen LogP contribution >= 0.6 is 11.8 Å². The maximum atomic E-state index is 5.66. The average Bonchev–Trinajstić information content (AvgIpc) is 2.15. The van der Waals surface area contributed by atoms with Crippen LogP contribution < -0.4 is 5.73 Å². The summed E-state index contributed by atoms with van der Waals surface area (Å²) in [5.41, 5.74) is 6.95. The summed E-state index contributed by atoms with van der Waals surface area (Å²) in [5, 5.41) is 0. The van der Waals surface area contributed by atoms with Crippen molar-refractivity contribution < 1.29 is 0 Å².